The topological polar surface area (TPSA) is 29.1 Å². The molecule has 126 valence electrons. The van der Waals surface area contributed by atoms with Crippen LogP contribution >= 0.6 is 23.5 Å². The molecule has 1 amide bonds. The Balaban J connectivity index is 1.62. The van der Waals surface area contributed by atoms with E-state index in [1.54, 1.807) is 0 Å². The zero-order valence-corrected chi connectivity index (χ0v) is 15.8. The number of rotatable bonds is 5. The van der Waals surface area contributed by atoms with Gasteiger partial charge in [0.2, 0.25) is 0 Å². The Kier molecular flexibility index (Phi) is 5.90. The minimum Gasteiger partial charge on any atom is -0.346 e. The average Bonchev–Trinajstić information content (AvgIpc) is 3.16. The fourth-order valence-corrected chi connectivity index (χ4v) is 5.61. The van der Waals surface area contributed by atoms with Crippen LogP contribution in [0.15, 0.2) is 48.5 Å². The number of nitrogens with one attached hydrogen (secondary N) is 1. The van der Waals surface area contributed by atoms with Gasteiger partial charge in [-0.15, -0.1) is 23.5 Å². The lowest BCUT2D eigenvalue weighted by Crippen LogP contribution is -2.26. The van der Waals surface area contributed by atoms with E-state index in [1.807, 2.05) is 42.6 Å². The summed E-state index contributed by atoms with van der Waals surface area (Å²) in [6.45, 7) is 4.17. The number of thioether (sulfide) groups is 2. The van der Waals surface area contributed by atoms with Crippen LogP contribution in [-0.2, 0) is 6.42 Å². The van der Waals surface area contributed by atoms with E-state index in [0.717, 1.165) is 17.5 Å². The second-order valence-electron chi connectivity index (χ2n) is 5.99. The molecule has 1 heterocycles. The Labute approximate surface area is 152 Å². The summed E-state index contributed by atoms with van der Waals surface area (Å²) in [5.41, 5.74) is 4.48. The van der Waals surface area contributed by atoms with Crippen molar-refractivity contribution < 1.29 is 4.79 Å². The van der Waals surface area contributed by atoms with Crippen LogP contribution in [0.4, 0.5) is 0 Å². The fraction of sp³-hybridized carbons (Fsp3) is 0.350. The third kappa shape index (κ3) is 4.17. The summed E-state index contributed by atoms with van der Waals surface area (Å²) in [7, 11) is 0. The molecule has 1 aliphatic heterocycles. The molecule has 2 nitrogen and oxygen atoms in total. The molecule has 1 atom stereocenters. The maximum Gasteiger partial charge on any atom is 0.251 e. The predicted molar refractivity (Wildman–Crippen MR) is 106 cm³/mol. The van der Waals surface area contributed by atoms with E-state index in [9.17, 15) is 4.79 Å². The van der Waals surface area contributed by atoms with E-state index in [1.165, 1.54) is 22.6 Å². The maximum atomic E-state index is 12.5. The van der Waals surface area contributed by atoms with Gasteiger partial charge in [0, 0.05) is 17.1 Å². The Morgan fingerprint density at radius 1 is 1.08 bits per heavy atom. The first kappa shape index (κ1) is 17.4. The highest BCUT2D eigenvalue weighted by Crippen LogP contribution is 2.45. The van der Waals surface area contributed by atoms with Crippen LogP contribution in [0.1, 0.15) is 51.5 Å². The number of aryl methyl sites for hydroxylation is 1. The molecule has 2 aromatic carbocycles. The minimum atomic E-state index is -0.0136. The molecule has 1 saturated heterocycles. The van der Waals surface area contributed by atoms with Crippen molar-refractivity contribution in [3.8, 4) is 0 Å². The van der Waals surface area contributed by atoms with Crippen LogP contribution in [0.3, 0.4) is 0 Å². The van der Waals surface area contributed by atoms with Gasteiger partial charge < -0.3 is 5.32 Å². The Bertz CT molecular complexity index is 676. The zero-order chi connectivity index (χ0) is 16.9. The maximum absolute atomic E-state index is 12.5. The van der Waals surface area contributed by atoms with Crippen molar-refractivity contribution in [3.05, 3.63) is 70.8 Å². The van der Waals surface area contributed by atoms with Crippen molar-refractivity contribution in [2.75, 3.05) is 11.5 Å². The number of carbonyl (C=O) groups excluding carboxylic acids is 1. The molecule has 0 bridgehead atoms. The molecule has 1 aliphatic rings. The summed E-state index contributed by atoms with van der Waals surface area (Å²) in [5, 5.41) is 3.09. The second kappa shape index (κ2) is 8.13. The molecule has 0 radical (unpaired) electrons. The van der Waals surface area contributed by atoms with Crippen molar-refractivity contribution in [2.24, 2.45) is 0 Å². The minimum absolute atomic E-state index is 0.00373. The number of hydrogen-bond donors (Lipinski definition) is 1. The smallest absolute Gasteiger partial charge is 0.251 e. The molecule has 3 rings (SSSR count). The Morgan fingerprint density at radius 3 is 2.29 bits per heavy atom. The van der Waals surface area contributed by atoms with Crippen LogP contribution in [0.2, 0.25) is 0 Å². The van der Waals surface area contributed by atoms with Gasteiger partial charge in [-0.2, -0.15) is 0 Å². The first-order chi connectivity index (χ1) is 11.7. The van der Waals surface area contributed by atoms with Crippen LogP contribution in [0.25, 0.3) is 0 Å². The lowest BCUT2D eigenvalue weighted by atomic mass is 10.0. The van der Waals surface area contributed by atoms with Gasteiger partial charge in [-0.1, -0.05) is 43.3 Å². The van der Waals surface area contributed by atoms with Gasteiger partial charge >= 0.3 is 0 Å². The molecule has 0 aromatic heterocycles. The van der Waals surface area contributed by atoms with Gasteiger partial charge in [0.25, 0.3) is 5.91 Å². The lowest BCUT2D eigenvalue weighted by Gasteiger charge is -2.15. The SMILES string of the molecule is CCc1ccc(C(C)NC(=O)c2ccc(C3SCCS3)cc2)cc1. The highest BCUT2D eigenvalue weighted by Gasteiger charge is 2.18. The van der Waals surface area contributed by atoms with Crippen molar-refractivity contribution in [1.82, 2.24) is 5.32 Å². The van der Waals surface area contributed by atoms with Gasteiger partial charge in [0.15, 0.2) is 0 Å². The Hall–Kier alpha value is -1.39. The summed E-state index contributed by atoms with van der Waals surface area (Å²) >= 11 is 3.97. The van der Waals surface area contributed by atoms with Crippen LogP contribution in [0.5, 0.6) is 0 Å². The van der Waals surface area contributed by atoms with E-state index in [4.69, 9.17) is 0 Å². The molecular formula is C20H23NOS2. The summed E-state index contributed by atoms with van der Waals surface area (Å²) < 4.78 is 0.526. The van der Waals surface area contributed by atoms with E-state index in [2.05, 4.69) is 48.6 Å². The van der Waals surface area contributed by atoms with Crippen molar-refractivity contribution in [1.29, 1.82) is 0 Å². The van der Waals surface area contributed by atoms with Gasteiger partial charge in [-0.25, -0.2) is 0 Å². The molecule has 0 saturated carbocycles. The van der Waals surface area contributed by atoms with E-state index < -0.39 is 0 Å². The molecule has 24 heavy (non-hydrogen) atoms. The molecule has 0 spiro atoms. The predicted octanol–water partition coefficient (Wildman–Crippen LogP) is 5.22. The zero-order valence-electron chi connectivity index (χ0n) is 14.1. The number of benzene rings is 2. The van der Waals surface area contributed by atoms with Crippen LogP contribution in [-0.4, -0.2) is 17.4 Å². The average molecular weight is 358 g/mol. The largest absolute Gasteiger partial charge is 0.346 e. The van der Waals surface area contributed by atoms with Crippen LogP contribution in [0, 0.1) is 0 Å². The highest BCUT2D eigenvalue weighted by atomic mass is 32.2. The molecule has 1 fully saturated rings. The van der Waals surface area contributed by atoms with E-state index in [-0.39, 0.29) is 11.9 Å². The van der Waals surface area contributed by atoms with Crippen molar-refractivity contribution >= 4 is 29.4 Å². The molecule has 4 heteroatoms. The van der Waals surface area contributed by atoms with Gasteiger partial charge in [0.05, 0.1) is 10.6 Å². The van der Waals surface area contributed by atoms with Crippen molar-refractivity contribution in [2.45, 2.75) is 30.9 Å². The van der Waals surface area contributed by atoms with Crippen molar-refractivity contribution in [3.63, 3.8) is 0 Å². The van der Waals surface area contributed by atoms with Gasteiger partial charge in [-0.05, 0) is 42.2 Å². The normalized spacial score (nSPS) is 16.1. The third-order valence-corrected chi connectivity index (χ3v) is 7.41. The van der Waals surface area contributed by atoms with Gasteiger partial charge in [0.1, 0.15) is 0 Å². The molecular weight excluding hydrogens is 334 g/mol. The highest BCUT2D eigenvalue weighted by molar-refractivity contribution is 8.19. The first-order valence-electron chi connectivity index (χ1n) is 8.40. The standard InChI is InChI=1S/C20H23NOS2/c1-3-15-4-6-16(7-5-15)14(2)21-19(22)17-8-10-18(11-9-17)20-23-12-13-24-20/h4-11,14,20H,3,12-13H2,1-2H3,(H,21,22). The fourth-order valence-electron chi connectivity index (χ4n) is 2.75. The first-order valence-corrected chi connectivity index (χ1v) is 10.5. The number of amides is 1. The summed E-state index contributed by atoms with van der Waals surface area (Å²) in [6, 6.07) is 16.5. The van der Waals surface area contributed by atoms with Crippen LogP contribution < -0.4 is 5.32 Å². The van der Waals surface area contributed by atoms with Gasteiger partial charge in [-0.3, -0.25) is 4.79 Å². The Morgan fingerprint density at radius 2 is 1.71 bits per heavy atom. The summed E-state index contributed by atoms with van der Waals surface area (Å²) in [6.07, 6.45) is 1.03. The second-order valence-corrected chi connectivity index (χ2v) is 8.71. The third-order valence-electron chi connectivity index (χ3n) is 4.30. The number of hydrogen-bond acceptors (Lipinski definition) is 3. The molecule has 1 N–H and O–H groups in total. The monoisotopic (exact) mass is 357 g/mol. The molecule has 2 aromatic rings. The summed E-state index contributed by atoms with van der Waals surface area (Å²) in [4.78, 5) is 12.5. The molecule has 0 aliphatic carbocycles. The number of carbonyl (C=O) groups is 1. The summed E-state index contributed by atoms with van der Waals surface area (Å²) in [5.74, 6) is 2.41. The lowest BCUT2D eigenvalue weighted by molar-refractivity contribution is 0.0940. The quantitative estimate of drug-likeness (QED) is 0.795. The molecule has 1 unspecified atom stereocenters. The van der Waals surface area contributed by atoms with E-state index in [0.29, 0.717) is 4.58 Å². The van der Waals surface area contributed by atoms with E-state index >= 15 is 0 Å².